The number of nitrogens with zero attached hydrogens (tertiary/aromatic N) is 3. The predicted octanol–water partition coefficient (Wildman–Crippen LogP) is 4.21. The van der Waals surface area contributed by atoms with Crippen LogP contribution in [0.5, 0.6) is 0 Å². The highest BCUT2D eigenvalue weighted by atomic mass is 35.5. The molecule has 1 aromatic heterocycles. The molecule has 0 spiro atoms. The Labute approximate surface area is 188 Å². The Bertz CT molecular complexity index is 1170. The van der Waals surface area contributed by atoms with Gasteiger partial charge in [-0.1, -0.05) is 23.7 Å². The number of carbonyl (C=O) groups is 1. The molecule has 0 aliphatic carbocycles. The summed E-state index contributed by atoms with van der Waals surface area (Å²) >= 11 is 5.99. The number of anilines is 1. The first-order valence-corrected chi connectivity index (χ1v) is 11.5. The average molecular weight is 458 g/mol. The summed E-state index contributed by atoms with van der Waals surface area (Å²) in [5.41, 5.74) is 3.17. The molecule has 0 saturated carbocycles. The molecular formula is C23H24ClN3O3S. The minimum atomic E-state index is -3.82. The zero-order valence-electron chi connectivity index (χ0n) is 17.6. The number of rotatable bonds is 7. The molecule has 0 saturated heterocycles. The van der Waals surface area contributed by atoms with Crippen molar-refractivity contribution in [1.29, 1.82) is 0 Å². The van der Waals surface area contributed by atoms with Gasteiger partial charge in [-0.25, -0.2) is 8.42 Å². The summed E-state index contributed by atoms with van der Waals surface area (Å²) in [5, 5.41) is 0.545. The van der Waals surface area contributed by atoms with Gasteiger partial charge in [0, 0.05) is 24.0 Å². The number of halogens is 1. The van der Waals surface area contributed by atoms with Crippen molar-refractivity contribution < 1.29 is 13.2 Å². The smallest absolute Gasteiger partial charge is 0.243 e. The molecule has 2 aromatic carbocycles. The van der Waals surface area contributed by atoms with E-state index in [2.05, 4.69) is 4.98 Å². The maximum Gasteiger partial charge on any atom is 0.243 e. The lowest BCUT2D eigenvalue weighted by Crippen LogP contribution is -2.41. The molecule has 1 heterocycles. The molecule has 3 aromatic rings. The minimum Gasteiger partial charge on any atom is -0.305 e. The molecule has 3 rings (SSSR count). The monoisotopic (exact) mass is 457 g/mol. The normalized spacial score (nSPS) is 11.5. The van der Waals surface area contributed by atoms with Crippen LogP contribution in [0.2, 0.25) is 5.02 Å². The molecule has 0 N–H and O–H groups in total. The van der Waals surface area contributed by atoms with Gasteiger partial charge in [-0.3, -0.25) is 9.78 Å². The molecule has 0 aliphatic rings. The number of hydrogen-bond acceptors (Lipinski definition) is 4. The lowest BCUT2D eigenvalue weighted by Gasteiger charge is -2.25. The third-order valence-electron chi connectivity index (χ3n) is 5.03. The van der Waals surface area contributed by atoms with Gasteiger partial charge in [-0.05, 0) is 73.5 Å². The first kappa shape index (κ1) is 22.9. The number of benzene rings is 2. The number of aryl methyl sites for hydroxylation is 2. The van der Waals surface area contributed by atoms with E-state index < -0.39 is 10.0 Å². The number of likely N-dealkylation sites (N-methyl/N-ethyl adjacent to an activating group) is 1. The van der Waals surface area contributed by atoms with E-state index in [9.17, 15) is 13.2 Å². The Morgan fingerprint density at radius 3 is 2.32 bits per heavy atom. The van der Waals surface area contributed by atoms with E-state index in [1.54, 1.807) is 54.7 Å². The standard InChI is InChI=1S/C23H24ClN3O3S/c1-17-7-12-22(14-18(17)2)31(29,30)26(3)16-23(28)27(15-20-6-4-5-13-25-20)21-10-8-19(24)9-11-21/h4-14H,15-16H2,1-3H3. The van der Waals surface area contributed by atoms with E-state index in [1.165, 1.54) is 11.9 Å². The Hall–Kier alpha value is -2.74. The van der Waals surface area contributed by atoms with Gasteiger partial charge in [0.2, 0.25) is 15.9 Å². The van der Waals surface area contributed by atoms with E-state index in [1.807, 2.05) is 26.0 Å². The molecule has 0 radical (unpaired) electrons. The molecule has 0 fully saturated rings. The van der Waals surface area contributed by atoms with Crippen LogP contribution < -0.4 is 4.90 Å². The van der Waals surface area contributed by atoms with Crippen molar-refractivity contribution in [3.63, 3.8) is 0 Å². The van der Waals surface area contributed by atoms with E-state index in [0.717, 1.165) is 15.4 Å². The van der Waals surface area contributed by atoms with Crippen LogP contribution in [0, 0.1) is 13.8 Å². The lowest BCUT2D eigenvalue weighted by molar-refractivity contribution is -0.118. The molecule has 8 heteroatoms. The highest BCUT2D eigenvalue weighted by Gasteiger charge is 2.26. The Balaban J connectivity index is 1.86. The molecule has 0 aliphatic heterocycles. The summed E-state index contributed by atoms with van der Waals surface area (Å²) in [4.78, 5) is 19.2. The van der Waals surface area contributed by atoms with Crippen LogP contribution in [-0.2, 0) is 21.4 Å². The fraction of sp³-hybridized carbons (Fsp3) is 0.217. The number of hydrogen-bond donors (Lipinski definition) is 0. The molecular weight excluding hydrogens is 434 g/mol. The first-order chi connectivity index (χ1) is 14.7. The van der Waals surface area contributed by atoms with Gasteiger partial charge < -0.3 is 4.90 Å². The van der Waals surface area contributed by atoms with E-state index >= 15 is 0 Å². The van der Waals surface area contributed by atoms with Crippen LogP contribution in [0.3, 0.4) is 0 Å². The van der Waals surface area contributed by atoms with Gasteiger partial charge >= 0.3 is 0 Å². The van der Waals surface area contributed by atoms with Crippen molar-refractivity contribution in [2.45, 2.75) is 25.3 Å². The average Bonchev–Trinajstić information content (AvgIpc) is 2.75. The number of pyridine rings is 1. The number of sulfonamides is 1. The van der Waals surface area contributed by atoms with Crippen molar-refractivity contribution in [1.82, 2.24) is 9.29 Å². The summed E-state index contributed by atoms with van der Waals surface area (Å²) in [6.45, 7) is 3.67. The molecule has 6 nitrogen and oxygen atoms in total. The summed E-state index contributed by atoms with van der Waals surface area (Å²) in [6, 6.07) is 17.2. The summed E-state index contributed by atoms with van der Waals surface area (Å²) in [5.74, 6) is -0.372. The van der Waals surface area contributed by atoms with Crippen LogP contribution in [-0.4, -0.2) is 37.2 Å². The predicted molar refractivity (Wildman–Crippen MR) is 123 cm³/mol. The van der Waals surface area contributed by atoms with E-state index in [4.69, 9.17) is 11.6 Å². The largest absolute Gasteiger partial charge is 0.305 e. The molecule has 31 heavy (non-hydrogen) atoms. The quantitative estimate of drug-likeness (QED) is 0.533. The second-order valence-corrected chi connectivity index (χ2v) is 9.77. The Kier molecular flexibility index (Phi) is 7.10. The lowest BCUT2D eigenvalue weighted by atomic mass is 10.1. The molecule has 0 bridgehead atoms. The second-order valence-electron chi connectivity index (χ2n) is 7.28. The SMILES string of the molecule is Cc1ccc(S(=O)(=O)N(C)CC(=O)N(Cc2ccccn2)c2ccc(Cl)cc2)cc1C. The fourth-order valence-corrected chi connectivity index (χ4v) is 4.35. The topological polar surface area (TPSA) is 70.6 Å². The summed E-state index contributed by atoms with van der Waals surface area (Å²) in [7, 11) is -2.41. The number of carbonyl (C=O) groups excluding carboxylic acids is 1. The van der Waals surface area contributed by atoms with Crippen molar-refractivity contribution >= 4 is 33.2 Å². The summed E-state index contributed by atoms with van der Waals surface area (Å²) in [6.07, 6.45) is 1.65. The van der Waals surface area contributed by atoms with Gasteiger partial charge in [-0.15, -0.1) is 0 Å². The molecule has 1 amide bonds. The zero-order valence-corrected chi connectivity index (χ0v) is 19.2. The highest BCUT2D eigenvalue weighted by molar-refractivity contribution is 7.89. The first-order valence-electron chi connectivity index (χ1n) is 9.68. The van der Waals surface area contributed by atoms with E-state index in [0.29, 0.717) is 16.4 Å². The van der Waals surface area contributed by atoms with Crippen molar-refractivity contribution in [3.05, 3.63) is 88.7 Å². The van der Waals surface area contributed by atoms with Gasteiger partial charge in [0.05, 0.1) is 23.7 Å². The number of aromatic nitrogens is 1. The third-order valence-corrected chi connectivity index (χ3v) is 7.08. The number of amides is 1. The second kappa shape index (κ2) is 9.60. The maximum absolute atomic E-state index is 13.2. The van der Waals surface area contributed by atoms with Crippen molar-refractivity contribution in [2.75, 3.05) is 18.5 Å². The van der Waals surface area contributed by atoms with Crippen molar-refractivity contribution in [3.8, 4) is 0 Å². The van der Waals surface area contributed by atoms with Gasteiger partial charge in [-0.2, -0.15) is 4.31 Å². The molecule has 162 valence electrons. The van der Waals surface area contributed by atoms with E-state index in [-0.39, 0.29) is 23.9 Å². The van der Waals surface area contributed by atoms with Crippen LogP contribution in [0.1, 0.15) is 16.8 Å². The fourth-order valence-electron chi connectivity index (χ4n) is 3.01. The zero-order chi connectivity index (χ0) is 22.6. The van der Waals surface area contributed by atoms with Gasteiger partial charge in [0.1, 0.15) is 0 Å². The minimum absolute atomic E-state index is 0.161. The van der Waals surface area contributed by atoms with Crippen LogP contribution in [0.15, 0.2) is 71.8 Å². The summed E-state index contributed by atoms with van der Waals surface area (Å²) < 4.78 is 27.1. The van der Waals surface area contributed by atoms with Crippen LogP contribution in [0.25, 0.3) is 0 Å². The van der Waals surface area contributed by atoms with Crippen LogP contribution in [0.4, 0.5) is 5.69 Å². The Morgan fingerprint density at radius 1 is 1.00 bits per heavy atom. The molecule has 0 atom stereocenters. The van der Waals surface area contributed by atoms with Crippen molar-refractivity contribution in [2.24, 2.45) is 0 Å². The van der Waals surface area contributed by atoms with Gasteiger partial charge in [0.25, 0.3) is 0 Å². The highest BCUT2D eigenvalue weighted by Crippen LogP contribution is 2.22. The Morgan fingerprint density at radius 2 is 1.71 bits per heavy atom. The third kappa shape index (κ3) is 5.50. The van der Waals surface area contributed by atoms with Gasteiger partial charge in [0.15, 0.2) is 0 Å². The van der Waals surface area contributed by atoms with Crippen LogP contribution >= 0.6 is 11.6 Å². The maximum atomic E-state index is 13.2. The molecule has 0 unspecified atom stereocenters.